The maximum atomic E-state index is 12.1. The van der Waals surface area contributed by atoms with Gasteiger partial charge in [-0.2, -0.15) is 0 Å². The molecule has 1 fully saturated rings. The molecule has 0 atom stereocenters. The second kappa shape index (κ2) is 8.92. The second-order valence-electron chi connectivity index (χ2n) is 7.82. The first-order valence-electron chi connectivity index (χ1n) is 9.40. The van der Waals surface area contributed by atoms with E-state index >= 15 is 0 Å². The number of nitrogens with two attached hydrogens (primary N) is 1. The normalized spacial score (nSPS) is 16.5. The molecule has 26 heavy (non-hydrogen) atoms. The Hall–Kier alpha value is -2.24. The molecule has 0 saturated carbocycles. The van der Waals surface area contributed by atoms with Crippen LogP contribution in [-0.4, -0.2) is 42.2 Å². The summed E-state index contributed by atoms with van der Waals surface area (Å²) < 4.78 is 5.43. The van der Waals surface area contributed by atoms with Crippen molar-refractivity contribution in [3.63, 3.8) is 0 Å². The van der Waals surface area contributed by atoms with E-state index in [-0.39, 0.29) is 6.09 Å². The lowest BCUT2D eigenvalue weighted by atomic mass is 9.97. The van der Waals surface area contributed by atoms with Crippen molar-refractivity contribution in [3.8, 4) is 0 Å². The monoisotopic (exact) mass is 360 g/mol. The quantitative estimate of drug-likeness (QED) is 0.635. The van der Waals surface area contributed by atoms with Crippen molar-refractivity contribution >= 4 is 17.7 Å². The fraction of sp³-hybridized carbons (Fsp3) is 0.600. The van der Waals surface area contributed by atoms with Gasteiger partial charge in [0.1, 0.15) is 5.60 Å². The van der Waals surface area contributed by atoms with Crippen molar-refractivity contribution in [2.75, 3.05) is 25.0 Å². The van der Waals surface area contributed by atoms with Crippen molar-refractivity contribution in [1.29, 1.82) is 0 Å². The number of aryl methyl sites for hydroxylation is 1. The number of rotatable bonds is 4. The Labute approximate surface area is 156 Å². The van der Waals surface area contributed by atoms with E-state index in [0.717, 1.165) is 24.9 Å². The standard InChI is InChI=1S/C20H32N4O2/c1-5-15-7-6-8-17(13-15)23-18(21)22-14-16-9-11-24(12-10-16)19(25)26-20(2,3)4/h6-8,13,16H,5,9-12,14H2,1-4H3,(H3,21,22,23). The molecule has 0 unspecified atom stereocenters. The summed E-state index contributed by atoms with van der Waals surface area (Å²) in [6, 6.07) is 8.18. The van der Waals surface area contributed by atoms with Gasteiger partial charge in [-0.15, -0.1) is 0 Å². The van der Waals surface area contributed by atoms with Gasteiger partial charge in [0.25, 0.3) is 0 Å². The van der Waals surface area contributed by atoms with Crippen LogP contribution < -0.4 is 11.1 Å². The Morgan fingerprint density at radius 3 is 2.65 bits per heavy atom. The first-order valence-corrected chi connectivity index (χ1v) is 9.40. The van der Waals surface area contributed by atoms with Crippen LogP contribution >= 0.6 is 0 Å². The van der Waals surface area contributed by atoms with E-state index in [1.54, 1.807) is 4.90 Å². The Balaban J connectivity index is 1.78. The van der Waals surface area contributed by atoms with E-state index in [1.807, 2.05) is 32.9 Å². The lowest BCUT2D eigenvalue weighted by Crippen LogP contribution is -2.42. The maximum Gasteiger partial charge on any atom is 0.410 e. The zero-order chi connectivity index (χ0) is 19.2. The van der Waals surface area contributed by atoms with Gasteiger partial charge in [-0.25, -0.2) is 4.79 Å². The van der Waals surface area contributed by atoms with Crippen LogP contribution in [0.15, 0.2) is 29.3 Å². The number of carbonyl (C=O) groups excluding carboxylic acids is 1. The Kier molecular flexibility index (Phi) is 6.89. The number of nitrogens with one attached hydrogen (secondary N) is 1. The summed E-state index contributed by atoms with van der Waals surface area (Å²) in [4.78, 5) is 18.3. The smallest absolute Gasteiger partial charge is 0.410 e. The first kappa shape index (κ1) is 20.1. The van der Waals surface area contributed by atoms with Crippen LogP contribution in [0, 0.1) is 5.92 Å². The number of guanidine groups is 1. The predicted molar refractivity (Wildman–Crippen MR) is 106 cm³/mol. The van der Waals surface area contributed by atoms with Gasteiger partial charge >= 0.3 is 6.09 Å². The number of nitrogens with zero attached hydrogens (tertiary/aromatic N) is 2. The van der Waals surface area contributed by atoms with Crippen LogP contribution in [0.25, 0.3) is 0 Å². The zero-order valence-electron chi connectivity index (χ0n) is 16.4. The summed E-state index contributed by atoms with van der Waals surface area (Å²) in [5, 5.41) is 3.15. The first-order chi connectivity index (χ1) is 12.3. The number of hydrogen-bond donors (Lipinski definition) is 2. The number of ether oxygens (including phenoxy) is 1. The molecule has 1 aliphatic heterocycles. The molecule has 6 nitrogen and oxygen atoms in total. The second-order valence-corrected chi connectivity index (χ2v) is 7.82. The highest BCUT2D eigenvalue weighted by molar-refractivity contribution is 5.92. The lowest BCUT2D eigenvalue weighted by molar-refractivity contribution is 0.0187. The van der Waals surface area contributed by atoms with Crippen LogP contribution in [0.2, 0.25) is 0 Å². The number of piperidine rings is 1. The highest BCUT2D eigenvalue weighted by Gasteiger charge is 2.26. The predicted octanol–water partition coefficient (Wildman–Crippen LogP) is 3.62. The third-order valence-corrected chi connectivity index (χ3v) is 4.39. The summed E-state index contributed by atoms with van der Waals surface area (Å²) in [6.45, 7) is 9.88. The minimum absolute atomic E-state index is 0.226. The fourth-order valence-electron chi connectivity index (χ4n) is 2.91. The molecule has 1 aromatic rings. The van der Waals surface area contributed by atoms with Gasteiger partial charge in [0.15, 0.2) is 5.96 Å². The maximum absolute atomic E-state index is 12.1. The summed E-state index contributed by atoms with van der Waals surface area (Å²) >= 11 is 0. The average molecular weight is 361 g/mol. The summed E-state index contributed by atoms with van der Waals surface area (Å²) in [7, 11) is 0. The summed E-state index contributed by atoms with van der Waals surface area (Å²) in [5.41, 5.74) is 7.79. The fourth-order valence-corrected chi connectivity index (χ4v) is 2.91. The number of amides is 1. The van der Waals surface area contributed by atoms with E-state index in [9.17, 15) is 4.79 Å². The molecule has 144 valence electrons. The number of anilines is 1. The molecule has 1 heterocycles. The molecule has 1 amide bonds. The minimum Gasteiger partial charge on any atom is -0.444 e. The van der Waals surface area contributed by atoms with Crippen LogP contribution in [0.5, 0.6) is 0 Å². The molecular weight excluding hydrogens is 328 g/mol. The Bertz CT molecular complexity index is 629. The average Bonchev–Trinajstić information content (AvgIpc) is 2.59. The third-order valence-electron chi connectivity index (χ3n) is 4.39. The molecule has 1 saturated heterocycles. The van der Waals surface area contributed by atoms with Crippen LogP contribution in [-0.2, 0) is 11.2 Å². The molecule has 6 heteroatoms. The molecule has 3 N–H and O–H groups in total. The topological polar surface area (TPSA) is 80.0 Å². The Morgan fingerprint density at radius 1 is 1.35 bits per heavy atom. The summed E-state index contributed by atoms with van der Waals surface area (Å²) in [5.74, 6) is 0.879. The number of benzene rings is 1. The van der Waals surface area contributed by atoms with Crippen molar-refractivity contribution in [1.82, 2.24) is 4.90 Å². The van der Waals surface area contributed by atoms with E-state index in [4.69, 9.17) is 10.5 Å². The molecule has 2 rings (SSSR count). The van der Waals surface area contributed by atoms with Gasteiger partial charge in [-0.05, 0) is 63.6 Å². The van der Waals surface area contributed by atoms with E-state index < -0.39 is 5.60 Å². The van der Waals surface area contributed by atoms with Crippen molar-refractivity contribution in [2.45, 2.75) is 52.6 Å². The van der Waals surface area contributed by atoms with Gasteiger partial charge in [0.2, 0.25) is 0 Å². The van der Waals surface area contributed by atoms with Gasteiger partial charge < -0.3 is 20.7 Å². The molecule has 0 spiro atoms. The molecular formula is C20H32N4O2. The summed E-state index contributed by atoms with van der Waals surface area (Å²) in [6.07, 6.45) is 2.60. The minimum atomic E-state index is -0.451. The molecule has 0 aromatic heterocycles. The van der Waals surface area contributed by atoms with Crippen molar-refractivity contribution in [3.05, 3.63) is 29.8 Å². The van der Waals surface area contributed by atoms with Crippen LogP contribution in [0.3, 0.4) is 0 Å². The van der Waals surface area contributed by atoms with E-state index in [2.05, 4.69) is 29.4 Å². The van der Waals surface area contributed by atoms with Gasteiger partial charge in [-0.1, -0.05) is 19.1 Å². The molecule has 0 aliphatic carbocycles. The van der Waals surface area contributed by atoms with Gasteiger partial charge in [0.05, 0.1) is 0 Å². The largest absolute Gasteiger partial charge is 0.444 e. The molecule has 1 aliphatic rings. The zero-order valence-corrected chi connectivity index (χ0v) is 16.4. The van der Waals surface area contributed by atoms with E-state index in [0.29, 0.717) is 31.5 Å². The number of carbonyl (C=O) groups is 1. The van der Waals surface area contributed by atoms with Gasteiger partial charge in [-0.3, -0.25) is 4.99 Å². The van der Waals surface area contributed by atoms with E-state index in [1.165, 1.54) is 5.56 Å². The van der Waals surface area contributed by atoms with Crippen molar-refractivity contribution in [2.24, 2.45) is 16.6 Å². The van der Waals surface area contributed by atoms with Crippen molar-refractivity contribution < 1.29 is 9.53 Å². The molecule has 0 bridgehead atoms. The highest BCUT2D eigenvalue weighted by atomic mass is 16.6. The highest BCUT2D eigenvalue weighted by Crippen LogP contribution is 2.20. The number of hydrogen-bond acceptors (Lipinski definition) is 3. The number of likely N-dealkylation sites (tertiary alicyclic amines) is 1. The van der Waals surface area contributed by atoms with Gasteiger partial charge in [0, 0.05) is 25.3 Å². The van der Waals surface area contributed by atoms with Crippen LogP contribution in [0.1, 0.15) is 46.1 Å². The molecule has 0 radical (unpaired) electrons. The SMILES string of the molecule is CCc1cccc(NC(N)=NCC2CCN(C(=O)OC(C)(C)C)CC2)c1. The Morgan fingerprint density at radius 2 is 2.04 bits per heavy atom. The number of aliphatic imine (C=N–C) groups is 1. The lowest BCUT2D eigenvalue weighted by Gasteiger charge is -2.33. The third kappa shape index (κ3) is 6.58. The van der Waals surface area contributed by atoms with Crippen LogP contribution in [0.4, 0.5) is 10.5 Å². The molecule has 1 aromatic carbocycles.